The van der Waals surface area contributed by atoms with E-state index >= 15 is 4.79 Å². The number of benzene rings is 4. The first-order chi connectivity index (χ1) is 21.5. The Balaban J connectivity index is 1.60. The van der Waals surface area contributed by atoms with Crippen molar-refractivity contribution >= 4 is 33.5 Å². The van der Waals surface area contributed by atoms with Gasteiger partial charge in [0.15, 0.2) is 0 Å². The standard InChI is InChI=1S/C36H32N2O6S/c1-5-44-32(40)30-34(3)26-15-9-10-16-27(26)35(4,38(34)45(42,43)25-21-19-23(2)20-22-25)36(30)28-17-11-12-18-29(28)37(33(36)41)31(39)24-13-7-6-8-14-24/h6-22,30H,5H2,1-4H3. The summed E-state index contributed by atoms with van der Waals surface area (Å²) in [6.07, 6.45) is 0. The summed E-state index contributed by atoms with van der Waals surface area (Å²) in [4.78, 5) is 45.1. The average Bonchev–Trinajstić information content (AvgIpc) is 3.50. The van der Waals surface area contributed by atoms with Crippen molar-refractivity contribution in [2.45, 2.75) is 49.1 Å². The SMILES string of the molecule is CCOC(=O)C1C2(C)c3ccccc3C(C)(N2S(=O)(=O)c2ccc(C)cc2)C12C(=O)N(C(=O)c1ccccc1)c1ccccc12. The van der Waals surface area contributed by atoms with Gasteiger partial charge < -0.3 is 4.74 Å². The van der Waals surface area contributed by atoms with Crippen molar-refractivity contribution in [3.05, 3.63) is 131 Å². The van der Waals surface area contributed by atoms with Crippen LogP contribution in [0.2, 0.25) is 0 Å². The summed E-state index contributed by atoms with van der Waals surface area (Å²) in [5.41, 5.74) is -1.94. The molecule has 45 heavy (non-hydrogen) atoms. The summed E-state index contributed by atoms with van der Waals surface area (Å²) in [7, 11) is -4.37. The van der Waals surface area contributed by atoms with Crippen LogP contribution in [-0.2, 0) is 40.8 Å². The zero-order chi connectivity index (χ0) is 31.9. The molecule has 0 saturated carbocycles. The molecular weight excluding hydrogens is 588 g/mol. The van der Waals surface area contributed by atoms with E-state index in [-0.39, 0.29) is 17.1 Å². The molecule has 2 bridgehead atoms. The van der Waals surface area contributed by atoms with Crippen LogP contribution in [-0.4, -0.2) is 37.1 Å². The maximum atomic E-state index is 15.4. The minimum atomic E-state index is -4.37. The number of aryl methyl sites for hydroxylation is 1. The van der Waals surface area contributed by atoms with Gasteiger partial charge in [-0.1, -0.05) is 78.4 Å². The van der Waals surface area contributed by atoms with Crippen LogP contribution in [0.1, 0.15) is 53.4 Å². The number of imide groups is 1. The number of para-hydroxylation sites is 1. The Hall–Kier alpha value is -4.60. The molecule has 1 fully saturated rings. The Morgan fingerprint density at radius 1 is 0.800 bits per heavy atom. The molecule has 7 rings (SSSR count). The van der Waals surface area contributed by atoms with E-state index < -0.39 is 50.2 Å². The molecule has 228 valence electrons. The minimum Gasteiger partial charge on any atom is -0.466 e. The number of carbonyl (C=O) groups excluding carboxylic acids is 3. The summed E-state index contributed by atoms with van der Waals surface area (Å²) in [5.74, 6) is -3.27. The lowest BCUT2D eigenvalue weighted by Gasteiger charge is -2.45. The lowest BCUT2D eigenvalue weighted by Crippen LogP contribution is -2.61. The highest BCUT2D eigenvalue weighted by molar-refractivity contribution is 7.89. The van der Waals surface area contributed by atoms with E-state index in [1.165, 1.54) is 4.31 Å². The Kier molecular flexibility index (Phi) is 6.28. The molecule has 1 saturated heterocycles. The quantitative estimate of drug-likeness (QED) is 0.217. The van der Waals surface area contributed by atoms with Crippen LogP contribution < -0.4 is 4.90 Å². The number of fused-ring (bicyclic) bond motifs is 8. The number of hydrogen-bond acceptors (Lipinski definition) is 6. The molecule has 3 heterocycles. The Morgan fingerprint density at radius 2 is 1.38 bits per heavy atom. The lowest BCUT2D eigenvalue weighted by molar-refractivity contribution is -0.156. The van der Waals surface area contributed by atoms with Gasteiger partial charge in [-0.25, -0.2) is 13.3 Å². The summed E-state index contributed by atoms with van der Waals surface area (Å²) in [6.45, 7) is 6.98. The summed E-state index contributed by atoms with van der Waals surface area (Å²) in [5, 5.41) is 0. The van der Waals surface area contributed by atoms with Gasteiger partial charge in [-0.2, -0.15) is 4.31 Å². The van der Waals surface area contributed by atoms with Crippen LogP contribution in [0.4, 0.5) is 5.69 Å². The van der Waals surface area contributed by atoms with Crippen LogP contribution in [0.3, 0.4) is 0 Å². The fraction of sp³-hybridized carbons (Fsp3) is 0.250. The average molecular weight is 621 g/mol. The normalized spacial score (nSPS) is 26.6. The minimum absolute atomic E-state index is 0.0209. The topological polar surface area (TPSA) is 101 Å². The van der Waals surface area contributed by atoms with Gasteiger partial charge in [-0.05, 0) is 74.7 Å². The third kappa shape index (κ3) is 3.40. The van der Waals surface area contributed by atoms with Crippen molar-refractivity contribution < 1.29 is 27.5 Å². The molecule has 0 aromatic heterocycles. The number of amides is 2. The molecule has 4 aromatic rings. The van der Waals surface area contributed by atoms with Crippen LogP contribution >= 0.6 is 0 Å². The molecule has 0 N–H and O–H groups in total. The number of nitrogens with zero attached hydrogens (tertiary/aromatic N) is 2. The van der Waals surface area contributed by atoms with Gasteiger partial charge >= 0.3 is 5.97 Å². The fourth-order valence-electron chi connectivity index (χ4n) is 8.38. The van der Waals surface area contributed by atoms with Gasteiger partial charge in [0.2, 0.25) is 15.9 Å². The smallest absolute Gasteiger partial charge is 0.312 e. The molecule has 3 aliphatic rings. The largest absolute Gasteiger partial charge is 0.466 e. The predicted molar refractivity (Wildman–Crippen MR) is 168 cm³/mol. The first-order valence-electron chi connectivity index (χ1n) is 14.9. The van der Waals surface area contributed by atoms with Gasteiger partial charge in [-0.3, -0.25) is 14.4 Å². The van der Waals surface area contributed by atoms with Crippen molar-refractivity contribution in [3.8, 4) is 0 Å². The highest BCUT2D eigenvalue weighted by atomic mass is 32.2. The predicted octanol–water partition coefficient (Wildman–Crippen LogP) is 5.45. The molecule has 4 atom stereocenters. The van der Waals surface area contributed by atoms with E-state index in [0.717, 1.165) is 10.5 Å². The number of esters is 1. The van der Waals surface area contributed by atoms with Crippen LogP contribution in [0.5, 0.6) is 0 Å². The summed E-state index contributed by atoms with van der Waals surface area (Å²) in [6, 6.07) is 29.1. The number of rotatable bonds is 5. The Labute approximate surface area is 262 Å². The van der Waals surface area contributed by atoms with E-state index in [0.29, 0.717) is 22.4 Å². The molecule has 0 radical (unpaired) electrons. The molecule has 4 unspecified atom stereocenters. The van der Waals surface area contributed by atoms with E-state index in [1.807, 2.05) is 19.1 Å². The number of hydrogen-bond donors (Lipinski definition) is 0. The number of sulfonamides is 1. The molecule has 4 aromatic carbocycles. The molecule has 1 spiro atoms. The van der Waals surface area contributed by atoms with Crippen LogP contribution in [0, 0.1) is 12.8 Å². The monoisotopic (exact) mass is 620 g/mol. The van der Waals surface area contributed by atoms with Gasteiger partial charge in [-0.15, -0.1) is 0 Å². The molecule has 3 aliphatic heterocycles. The van der Waals surface area contributed by atoms with Gasteiger partial charge in [0, 0.05) is 5.56 Å². The molecule has 0 aliphatic carbocycles. The zero-order valence-electron chi connectivity index (χ0n) is 25.4. The number of anilines is 1. The van der Waals surface area contributed by atoms with Gasteiger partial charge in [0.25, 0.3) is 5.91 Å². The second-order valence-corrected chi connectivity index (χ2v) is 14.0. The van der Waals surface area contributed by atoms with Crippen LogP contribution in [0.15, 0.2) is 108 Å². The third-order valence-electron chi connectivity index (χ3n) is 10.0. The molecular formula is C36H32N2O6S. The third-order valence-corrected chi connectivity index (χ3v) is 12.1. The van der Waals surface area contributed by atoms with Gasteiger partial charge in [0.1, 0.15) is 11.3 Å². The number of ether oxygens (including phenoxy) is 1. The second kappa shape index (κ2) is 9.70. The van der Waals surface area contributed by atoms with Crippen molar-refractivity contribution in [1.82, 2.24) is 4.31 Å². The molecule has 9 heteroatoms. The maximum absolute atomic E-state index is 15.4. The first kappa shape index (κ1) is 29.1. The van der Waals surface area contributed by atoms with E-state index in [9.17, 15) is 18.0 Å². The summed E-state index contributed by atoms with van der Waals surface area (Å²) >= 11 is 0. The highest BCUT2D eigenvalue weighted by Crippen LogP contribution is 2.75. The molecule has 2 amide bonds. The van der Waals surface area contributed by atoms with Crippen molar-refractivity contribution in [2.75, 3.05) is 11.5 Å². The second-order valence-electron chi connectivity index (χ2n) is 12.2. The van der Waals surface area contributed by atoms with Gasteiger partial charge in [0.05, 0.1) is 28.3 Å². The Bertz CT molecular complexity index is 2010. The van der Waals surface area contributed by atoms with E-state index in [2.05, 4.69) is 0 Å². The highest BCUT2D eigenvalue weighted by Gasteiger charge is 2.86. The molecule has 8 nitrogen and oxygen atoms in total. The lowest BCUT2D eigenvalue weighted by atomic mass is 9.53. The Morgan fingerprint density at radius 3 is 2.02 bits per heavy atom. The number of carbonyl (C=O) groups is 3. The zero-order valence-corrected chi connectivity index (χ0v) is 26.2. The van der Waals surface area contributed by atoms with Crippen molar-refractivity contribution in [3.63, 3.8) is 0 Å². The first-order valence-corrected chi connectivity index (χ1v) is 16.3. The van der Waals surface area contributed by atoms with E-state index in [1.54, 1.807) is 112 Å². The van der Waals surface area contributed by atoms with E-state index in [4.69, 9.17) is 4.74 Å². The summed E-state index contributed by atoms with van der Waals surface area (Å²) < 4.78 is 37.0. The van der Waals surface area contributed by atoms with Crippen molar-refractivity contribution in [1.29, 1.82) is 0 Å². The maximum Gasteiger partial charge on any atom is 0.312 e. The van der Waals surface area contributed by atoms with Crippen molar-refractivity contribution in [2.24, 2.45) is 5.92 Å². The van der Waals surface area contributed by atoms with Crippen LogP contribution in [0.25, 0.3) is 0 Å². The fourth-order valence-corrected chi connectivity index (χ4v) is 10.5.